The Morgan fingerprint density at radius 2 is 2.18 bits per heavy atom. The number of Topliss-reactive ketones (excluding diaryl/α,β-unsaturated/α-hetero) is 1. The zero-order valence-electron chi connectivity index (χ0n) is 9.83. The summed E-state index contributed by atoms with van der Waals surface area (Å²) in [5, 5.41) is 2.54. The maximum atomic E-state index is 11.8. The van der Waals surface area contributed by atoms with Crippen LogP contribution in [0.2, 0.25) is 4.34 Å². The lowest BCUT2D eigenvalue weighted by molar-refractivity contribution is -0.120. The van der Waals surface area contributed by atoms with Gasteiger partial charge in [-0.3, -0.25) is 14.5 Å². The van der Waals surface area contributed by atoms with Crippen molar-refractivity contribution in [3.63, 3.8) is 0 Å². The van der Waals surface area contributed by atoms with Crippen LogP contribution < -0.4 is 5.32 Å². The second kappa shape index (κ2) is 6.74. The summed E-state index contributed by atoms with van der Waals surface area (Å²) in [5.74, 6) is 0.00442. The van der Waals surface area contributed by atoms with Crippen molar-refractivity contribution >= 4 is 34.6 Å². The van der Waals surface area contributed by atoms with E-state index in [-0.39, 0.29) is 11.7 Å². The Bertz CT molecular complexity index is 406. The molecule has 0 aliphatic carbocycles. The molecule has 0 aliphatic rings. The number of ketones is 1. The van der Waals surface area contributed by atoms with Gasteiger partial charge in [0.25, 0.3) is 0 Å². The minimum Gasteiger partial charge on any atom is -0.359 e. The number of likely N-dealkylation sites (N-methyl/N-ethyl adjacent to an activating group) is 1. The summed E-state index contributed by atoms with van der Waals surface area (Å²) in [5.41, 5.74) is 0. The maximum Gasteiger partial charge on any atom is 0.221 e. The van der Waals surface area contributed by atoms with Crippen molar-refractivity contribution < 1.29 is 9.59 Å². The van der Waals surface area contributed by atoms with E-state index in [0.717, 1.165) is 0 Å². The normalized spacial score (nSPS) is 10.6. The minimum absolute atomic E-state index is 0.0246. The van der Waals surface area contributed by atoms with Crippen LogP contribution in [0.5, 0.6) is 0 Å². The van der Waals surface area contributed by atoms with Gasteiger partial charge in [0.1, 0.15) is 0 Å². The van der Waals surface area contributed by atoms with Crippen molar-refractivity contribution in [2.24, 2.45) is 0 Å². The summed E-state index contributed by atoms with van der Waals surface area (Å²) < 4.78 is 0.612. The van der Waals surface area contributed by atoms with Gasteiger partial charge >= 0.3 is 0 Å². The van der Waals surface area contributed by atoms with Crippen LogP contribution in [-0.2, 0) is 4.79 Å². The van der Waals surface area contributed by atoms with E-state index < -0.39 is 0 Å². The average molecular weight is 275 g/mol. The zero-order valence-corrected chi connectivity index (χ0v) is 11.4. The molecule has 0 spiro atoms. The van der Waals surface area contributed by atoms with Crippen LogP contribution in [0.1, 0.15) is 16.1 Å². The molecule has 0 saturated heterocycles. The summed E-state index contributed by atoms with van der Waals surface area (Å²) in [6, 6.07) is 3.44. The molecule has 0 fully saturated rings. The first-order valence-corrected chi connectivity index (χ1v) is 6.40. The Morgan fingerprint density at radius 1 is 1.47 bits per heavy atom. The molecular weight excluding hydrogens is 260 g/mol. The number of carbonyl (C=O) groups is 2. The van der Waals surface area contributed by atoms with E-state index in [1.165, 1.54) is 11.3 Å². The molecule has 1 N–H and O–H groups in total. The van der Waals surface area contributed by atoms with Crippen molar-refractivity contribution in [2.75, 3.05) is 27.2 Å². The predicted molar refractivity (Wildman–Crippen MR) is 69.8 cm³/mol. The first-order chi connectivity index (χ1) is 8.02. The summed E-state index contributed by atoms with van der Waals surface area (Å²) in [6.45, 7) is 0.859. The van der Waals surface area contributed by atoms with Gasteiger partial charge in [-0.05, 0) is 19.2 Å². The minimum atomic E-state index is -0.0246. The number of amides is 1. The summed E-state index contributed by atoms with van der Waals surface area (Å²) in [4.78, 5) is 25.3. The van der Waals surface area contributed by atoms with Crippen molar-refractivity contribution in [2.45, 2.75) is 6.42 Å². The van der Waals surface area contributed by atoms with E-state index in [1.54, 1.807) is 19.2 Å². The summed E-state index contributed by atoms with van der Waals surface area (Å²) in [7, 11) is 3.41. The largest absolute Gasteiger partial charge is 0.359 e. The molecule has 6 heteroatoms. The molecule has 1 aromatic heterocycles. The Labute approximate surface area is 110 Å². The molecule has 4 nitrogen and oxygen atoms in total. The maximum absolute atomic E-state index is 11.8. The molecule has 94 valence electrons. The molecule has 0 unspecified atom stereocenters. The fourth-order valence-corrected chi connectivity index (χ4v) is 2.26. The van der Waals surface area contributed by atoms with E-state index in [9.17, 15) is 9.59 Å². The molecular formula is C11H15ClN2O2S. The molecule has 1 aromatic rings. The first-order valence-electron chi connectivity index (χ1n) is 5.20. The van der Waals surface area contributed by atoms with Gasteiger partial charge in [-0.1, -0.05) is 11.6 Å². The van der Waals surface area contributed by atoms with Crippen LogP contribution in [0.3, 0.4) is 0 Å². The SMILES string of the molecule is CNC(=O)CCN(C)CC(=O)c1ccc(Cl)s1. The lowest BCUT2D eigenvalue weighted by Crippen LogP contribution is -2.30. The number of nitrogens with zero attached hydrogens (tertiary/aromatic N) is 1. The van der Waals surface area contributed by atoms with E-state index in [2.05, 4.69) is 5.32 Å². The molecule has 1 amide bonds. The van der Waals surface area contributed by atoms with Gasteiger partial charge in [0.2, 0.25) is 5.91 Å². The monoisotopic (exact) mass is 274 g/mol. The van der Waals surface area contributed by atoms with Gasteiger partial charge < -0.3 is 5.32 Å². The highest BCUT2D eigenvalue weighted by atomic mass is 35.5. The van der Waals surface area contributed by atoms with Crippen molar-refractivity contribution in [3.8, 4) is 0 Å². The highest BCUT2D eigenvalue weighted by molar-refractivity contribution is 7.18. The lowest BCUT2D eigenvalue weighted by atomic mass is 10.3. The van der Waals surface area contributed by atoms with Crippen LogP contribution in [0.25, 0.3) is 0 Å². The van der Waals surface area contributed by atoms with Gasteiger partial charge in [-0.2, -0.15) is 0 Å². The van der Waals surface area contributed by atoms with Crippen LogP contribution in [0, 0.1) is 0 Å². The van der Waals surface area contributed by atoms with Gasteiger partial charge in [-0.15, -0.1) is 11.3 Å². The van der Waals surface area contributed by atoms with Gasteiger partial charge in [0.15, 0.2) is 5.78 Å². The molecule has 1 rings (SSSR count). The number of carbonyl (C=O) groups excluding carboxylic acids is 2. The Balaban J connectivity index is 2.38. The third-order valence-corrected chi connectivity index (χ3v) is 3.53. The smallest absolute Gasteiger partial charge is 0.221 e. The zero-order chi connectivity index (χ0) is 12.8. The quantitative estimate of drug-likeness (QED) is 0.803. The highest BCUT2D eigenvalue weighted by Crippen LogP contribution is 2.21. The molecule has 0 atom stereocenters. The molecule has 0 bridgehead atoms. The lowest BCUT2D eigenvalue weighted by Gasteiger charge is -2.14. The number of halogens is 1. The summed E-state index contributed by atoms with van der Waals surface area (Å²) >= 11 is 7.04. The van der Waals surface area contributed by atoms with Gasteiger partial charge in [0, 0.05) is 20.0 Å². The van der Waals surface area contributed by atoms with Crippen molar-refractivity contribution in [3.05, 3.63) is 21.3 Å². The number of thiophene rings is 1. The van der Waals surface area contributed by atoms with Crippen LogP contribution in [-0.4, -0.2) is 43.8 Å². The molecule has 0 radical (unpaired) electrons. The fourth-order valence-electron chi connectivity index (χ4n) is 1.28. The molecule has 0 aromatic carbocycles. The van der Waals surface area contributed by atoms with Crippen molar-refractivity contribution in [1.82, 2.24) is 10.2 Å². The summed E-state index contributed by atoms with van der Waals surface area (Å²) in [6.07, 6.45) is 0.394. The number of nitrogens with one attached hydrogen (secondary N) is 1. The number of hydrogen-bond acceptors (Lipinski definition) is 4. The second-order valence-corrected chi connectivity index (χ2v) is 5.40. The molecule has 1 heterocycles. The van der Waals surface area contributed by atoms with Crippen LogP contribution in [0.15, 0.2) is 12.1 Å². The third-order valence-electron chi connectivity index (χ3n) is 2.26. The number of rotatable bonds is 6. The highest BCUT2D eigenvalue weighted by Gasteiger charge is 2.12. The van der Waals surface area contributed by atoms with E-state index in [1.807, 2.05) is 11.9 Å². The molecule has 0 saturated carbocycles. The van der Waals surface area contributed by atoms with Crippen LogP contribution >= 0.6 is 22.9 Å². The molecule has 0 aliphatic heterocycles. The second-order valence-electron chi connectivity index (χ2n) is 3.69. The predicted octanol–water partition coefficient (Wildman–Crippen LogP) is 1.65. The van der Waals surface area contributed by atoms with E-state index in [0.29, 0.717) is 28.7 Å². The first kappa shape index (κ1) is 14.2. The third kappa shape index (κ3) is 4.85. The van der Waals surface area contributed by atoms with Gasteiger partial charge in [-0.25, -0.2) is 0 Å². The van der Waals surface area contributed by atoms with E-state index >= 15 is 0 Å². The van der Waals surface area contributed by atoms with E-state index in [4.69, 9.17) is 11.6 Å². The molecule has 17 heavy (non-hydrogen) atoms. The topological polar surface area (TPSA) is 49.4 Å². The Kier molecular flexibility index (Phi) is 5.61. The Hall–Kier alpha value is -0.910. The van der Waals surface area contributed by atoms with Crippen LogP contribution in [0.4, 0.5) is 0 Å². The van der Waals surface area contributed by atoms with Gasteiger partial charge in [0.05, 0.1) is 15.8 Å². The fraction of sp³-hybridized carbons (Fsp3) is 0.455. The average Bonchev–Trinajstić information content (AvgIpc) is 2.72. The van der Waals surface area contributed by atoms with Crippen molar-refractivity contribution in [1.29, 1.82) is 0 Å². The number of hydrogen-bond donors (Lipinski definition) is 1. The Morgan fingerprint density at radius 3 is 2.71 bits per heavy atom. The standard InChI is InChI=1S/C11H15ClN2O2S/c1-13-11(16)5-6-14(2)7-8(15)9-3-4-10(12)17-9/h3-4H,5-7H2,1-2H3,(H,13,16).